The Morgan fingerprint density at radius 2 is 0.729 bits per heavy atom. The summed E-state index contributed by atoms with van der Waals surface area (Å²) in [6.45, 7) is -0.0409. The summed E-state index contributed by atoms with van der Waals surface area (Å²) in [7, 11) is 1.36. The number of rotatable bonds is 35. The predicted molar refractivity (Wildman–Crippen MR) is 328 cm³/mol. The van der Waals surface area contributed by atoms with Crippen molar-refractivity contribution in [1.82, 2.24) is 20.9 Å². The number of aliphatic hydroxyl groups excluding tert-OH is 14. The maximum atomic E-state index is 13.8. The number of likely N-dealkylation sites (N-methyl/N-ethyl adjacent to an activating group) is 1. The first-order valence-electron chi connectivity index (χ1n) is 33.3. The molecule has 6 aliphatic rings. The topological polar surface area (TPSA) is 544 Å². The molecule has 0 aromatic heterocycles. The van der Waals surface area contributed by atoms with Crippen molar-refractivity contribution in [2.24, 2.45) is 11.5 Å². The van der Waals surface area contributed by atoms with Crippen LogP contribution in [0.3, 0.4) is 0 Å². The molecule has 0 aromatic carbocycles. The smallest absolute Gasteiger partial charge is 0.222 e. The van der Waals surface area contributed by atoms with E-state index < -0.39 is 247 Å². The van der Waals surface area contributed by atoms with E-state index in [-0.39, 0.29) is 6.42 Å². The fourth-order valence-electron chi connectivity index (χ4n) is 12.9. The minimum absolute atomic E-state index is 0.0482. The van der Waals surface area contributed by atoms with E-state index in [4.69, 9.17) is 63.6 Å². The molecule has 6 rings (SSSR count). The van der Waals surface area contributed by atoms with Crippen LogP contribution in [0.15, 0.2) is 12.2 Å². The van der Waals surface area contributed by atoms with Crippen molar-refractivity contribution in [2.75, 3.05) is 46.7 Å². The summed E-state index contributed by atoms with van der Waals surface area (Å²) in [5.41, 5.74) is 12.8. The molecule has 6 saturated heterocycles. The Bertz CT molecular complexity index is 2360. The lowest BCUT2D eigenvalue weighted by atomic mass is 9.93. The van der Waals surface area contributed by atoms with Crippen molar-refractivity contribution < 1.29 is 143 Å². The van der Waals surface area contributed by atoms with E-state index in [0.717, 1.165) is 77.0 Å². The van der Waals surface area contributed by atoms with Gasteiger partial charge in [-0.2, -0.15) is 0 Å². The molecule has 35 heteroatoms. The van der Waals surface area contributed by atoms with Gasteiger partial charge in [0.15, 0.2) is 37.7 Å². The van der Waals surface area contributed by atoms with Gasteiger partial charge in [-0.3, -0.25) is 19.2 Å². The lowest BCUT2D eigenvalue weighted by Crippen LogP contribution is -2.72. The first kappa shape index (κ1) is 81.5. The van der Waals surface area contributed by atoms with Crippen LogP contribution < -0.4 is 27.4 Å². The Morgan fingerprint density at radius 1 is 0.406 bits per heavy atom. The second-order valence-electron chi connectivity index (χ2n) is 25.5. The van der Waals surface area contributed by atoms with Crippen LogP contribution in [-0.4, -0.2) is 331 Å². The first-order chi connectivity index (χ1) is 45.8. The number of nitrogens with two attached hydrogens (primary N) is 2. The maximum absolute atomic E-state index is 13.8. The van der Waals surface area contributed by atoms with Crippen LogP contribution in [0.1, 0.15) is 118 Å². The van der Waals surface area contributed by atoms with Crippen molar-refractivity contribution in [3.8, 4) is 0 Å². The van der Waals surface area contributed by atoms with Gasteiger partial charge in [0.2, 0.25) is 23.6 Å². The van der Waals surface area contributed by atoms with Crippen molar-refractivity contribution in [3.63, 3.8) is 0 Å². The zero-order valence-electron chi connectivity index (χ0n) is 55.1. The normalized spacial score (nSPS) is 40.6. The van der Waals surface area contributed by atoms with Crippen molar-refractivity contribution in [2.45, 2.75) is 301 Å². The highest BCUT2D eigenvalue weighted by atomic mass is 16.8. The third-order valence-electron chi connectivity index (χ3n) is 18.3. The molecule has 6 fully saturated rings. The highest BCUT2D eigenvalue weighted by molar-refractivity contribution is 5.76. The summed E-state index contributed by atoms with van der Waals surface area (Å²) in [5.74, 6) is -2.70. The molecule has 556 valence electrons. The number of nitrogens with one attached hydrogen (secondary N) is 3. The number of carbonyl (C=O) groups is 4. The van der Waals surface area contributed by atoms with Crippen molar-refractivity contribution >= 4 is 23.6 Å². The molecule has 21 N–H and O–H groups in total. The molecule has 6 aliphatic heterocycles. The van der Waals surface area contributed by atoms with Gasteiger partial charge >= 0.3 is 0 Å². The summed E-state index contributed by atoms with van der Waals surface area (Å²) < 4.78 is 65.8. The van der Waals surface area contributed by atoms with Gasteiger partial charge in [-0.1, -0.05) is 70.4 Å². The second kappa shape index (κ2) is 39.7. The van der Waals surface area contributed by atoms with Gasteiger partial charge in [-0.15, -0.1) is 0 Å². The molecule has 0 bridgehead atoms. The first-order valence-corrected chi connectivity index (χ1v) is 33.3. The third kappa shape index (κ3) is 21.1. The average Bonchev–Trinajstić information content (AvgIpc) is 0.775. The number of allylic oxidation sites excluding steroid dienone is 2. The molecular formula is C61H108N6O29. The number of nitrogens with zero attached hydrogens (tertiary/aromatic N) is 1. The lowest BCUT2D eigenvalue weighted by molar-refractivity contribution is -0.370. The number of aliphatic hydroxyl groups is 14. The maximum Gasteiger partial charge on any atom is 0.222 e. The van der Waals surface area contributed by atoms with Crippen LogP contribution in [-0.2, 0) is 71.3 Å². The molecule has 35 nitrogen and oxygen atoms in total. The van der Waals surface area contributed by atoms with Crippen molar-refractivity contribution in [1.29, 1.82) is 0 Å². The van der Waals surface area contributed by atoms with Crippen LogP contribution in [0.4, 0.5) is 0 Å². The molecule has 30 unspecified atom stereocenters. The third-order valence-corrected chi connectivity index (χ3v) is 18.3. The summed E-state index contributed by atoms with van der Waals surface area (Å²) >= 11 is 0. The minimum atomic E-state index is -2.00. The number of ether oxygens (including phenoxy) is 11. The van der Waals surface area contributed by atoms with E-state index in [1.165, 1.54) is 32.7 Å². The van der Waals surface area contributed by atoms with Crippen LogP contribution >= 0.6 is 0 Å². The SMILES string of the molecule is CCCCCCC=CCCCCCCCCCC(=O)N(C)C1C(OC2C(CO)OC(OC3C(CO)OC(OC4C(CO)OC(OC5C(CO)OC(OC6C(CO)OC(O)C(NC(C)=O)C6O)C(N)C5O)C(N)C4O)C(NC(C)=O)C3O)C(NC(C)=O)C2O)OC(CO)C(O)C1O. The van der Waals surface area contributed by atoms with Crippen LogP contribution in [0, 0.1) is 0 Å². The highest BCUT2D eigenvalue weighted by Gasteiger charge is 2.58. The molecule has 0 spiro atoms. The van der Waals surface area contributed by atoms with E-state index in [1.54, 1.807) is 0 Å². The van der Waals surface area contributed by atoms with Gasteiger partial charge in [0.1, 0.15) is 134 Å². The summed E-state index contributed by atoms with van der Waals surface area (Å²) in [5, 5.41) is 162. The molecule has 30 atom stereocenters. The monoisotopic (exact) mass is 1390 g/mol. The van der Waals surface area contributed by atoms with E-state index in [0.29, 0.717) is 6.42 Å². The molecule has 96 heavy (non-hydrogen) atoms. The van der Waals surface area contributed by atoms with E-state index >= 15 is 0 Å². The quantitative estimate of drug-likeness (QED) is 0.0207. The predicted octanol–water partition coefficient (Wildman–Crippen LogP) is -7.23. The Kier molecular flexibility index (Phi) is 33.7. The van der Waals surface area contributed by atoms with Gasteiger partial charge in [0.05, 0.1) is 51.7 Å². The second-order valence-corrected chi connectivity index (χ2v) is 25.5. The van der Waals surface area contributed by atoms with E-state index in [1.807, 2.05) is 0 Å². The summed E-state index contributed by atoms with van der Waals surface area (Å²) in [6, 6.07) is -9.59. The van der Waals surface area contributed by atoms with Crippen LogP contribution in [0.2, 0.25) is 0 Å². The zero-order chi connectivity index (χ0) is 70.7. The molecule has 0 aliphatic carbocycles. The Labute approximate surface area is 557 Å². The van der Waals surface area contributed by atoms with E-state index in [2.05, 4.69) is 35.0 Å². The van der Waals surface area contributed by atoms with Gasteiger partial charge in [-0.25, -0.2) is 0 Å². The number of carbonyl (C=O) groups excluding carboxylic acids is 4. The van der Waals surface area contributed by atoms with E-state index in [9.17, 15) is 90.7 Å². The Morgan fingerprint density at radius 3 is 1.14 bits per heavy atom. The highest BCUT2D eigenvalue weighted by Crippen LogP contribution is 2.37. The molecule has 0 saturated carbocycles. The largest absolute Gasteiger partial charge is 0.394 e. The van der Waals surface area contributed by atoms with Crippen LogP contribution in [0.5, 0.6) is 0 Å². The Hall–Kier alpha value is -3.46. The molecule has 0 aromatic rings. The van der Waals surface area contributed by atoms with Gasteiger partial charge in [0.25, 0.3) is 0 Å². The molecule has 4 amide bonds. The number of unbranched alkanes of at least 4 members (excludes halogenated alkanes) is 11. The van der Waals surface area contributed by atoms with Gasteiger partial charge in [0, 0.05) is 34.2 Å². The van der Waals surface area contributed by atoms with Crippen molar-refractivity contribution in [3.05, 3.63) is 12.2 Å². The van der Waals surface area contributed by atoms with Gasteiger partial charge in [-0.05, 0) is 32.1 Å². The van der Waals surface area contributed by atoms with Crippen LogP contribution in [0.25, 0.3) is 0 Å². The average molecular weight is 1390 g/mol. The summed E-state index contributed by atoms with van der Waals surface area (Å²) in [4.78, 5) is 52.5. The Balaban J connectivity index is 1.10. The number of amides is 4. The zero-order valence-corrected chi connectivity index (χ0v) is 55.1. The fourth-order valence-corrected chi connectivity index (χ4v) is 12.9. The fraction of sp³-hybridized carbons (Fsp3) is 0.902. The summed E-state index contributed by atoms with van der Waals surface area (Å²) in [6.07, 6.45) is -23.4. The molecular weight excluding hydrogens is 1280 g/mol. The lowest BCUT2D eigenvalue weighted by Gasteiger charge is -2.51. The molecule has 0 radical (unpaired) electrons. The number of hydrogen-bond donors (Lipinski definition) is 19. The number of hydrogen-bond acceptors (Lipinski definition) is 31. The minimum Gasteiger partial charge on any atom is -0.394 e. The van der Waals surface area contributed by atoms with Gasteiger partial charge < -0.3 is 156 Å². The standard InChI is InChI=1S/C61H108N6O29/c1-6-7-8-9-10-11-12-13-14-15-16-17-18-19-20-21-37(77)67(5)43-50(84)44(78)31(22-68)87-61(43)96-55-36(27-73)91-60(42(49(55)83)66-30(4)76)95-54-35(26-72)90-59(41(48(54)82)65-29(3)75)94-52-34(25-71)89-57(39(63)46(52)80)92-51-33(24-70)88-58(38(62)45(51)79)93-53-32(23-69)86-56(85)40(47(53)81)64-28(2)74/h11-12,31-36,38-61,68-73,78-85H,6-10,13-27,62-63H2,1-5H3,(H,64,74)(H,65,75)(H,66,76). The molecule has 6 heterocycles.